The Labute approximate surface area is 104 Å². The van der Waals surface area contributed by atoms with Crippen molar-refractivity contribution in [3.63, 3.8) is 0 Å². The minimum absolute atomic E-state index is 0.0952. The van der Waals surface area contributed by atoms with Gasteiger partial charge in [-0.3, -0.25) is 0 Å². The molecule has 0 saturated heterocycles. The summed E-state index contributed by atoms with van der Waals surface area (Å²) in [4.78, 5) is 18.9. The first-order valence-electron chi connectivity index (χ1n) is 4.66. The van der Waals surface area contributed by atoms with Crippen LogP contribution >= 0.6 is 15.9 Å². The smallest absolute Gasteiger partial charge is 0.356 e. The minimum atomic E-state index is -0.562. The molecule has 0 fully saturated rings. The van der Waals surface area contributed by atoms with Crippen LogP contribution in [0.25, 0.3) is 5.69 Å². The van der Waals surface area contributed by atoms with Gasteiger partial charge in [-0.15, -0.1) is 0 Å². The van der Waals surface area contributed by atoms with Crippen molar-refractivity contribution >= 4 is 21.9 Å². The number of hydrogen-bond donors (Lipinski definition) is 1. The summed E-state index contributed by atoms with van der Waals surface area (Å²) in [6.07, 6.45) is 1.26. The van der Waals surface area contributed by atoms with Crippen LogP contribution in [0.5, 0.6) is 0 Å². The molecule has 2 rings (SSSR count). The molecule has 2 aromatic rings. The fraction of sp³-hybridized carbons (Fsp3) is 0.100. The van der Waals surface area contributed by atoms with E-state index >= 15 is 0 Å². The maximum Gasteiger partial charge on any atom is 0.356 e. The fourth-order valence-corrected chi connectivity index (χ4v) is 2.22. The topological polar surface area (TPSA) is 73.8 Å². The third-order valence-corrected chi connectivity index (χ3v) is 2.79. The Morgan fingerprint density at radius 1 is 1.47 bits per heavy atom. The van der Waals surface area contributed by atoms with Crippen LogP contribution < -0.4 is 11.4 Å². The van der Waals surface area contributed by atoms with Gasteiger partial charge in [-0.2, -0.15) is 4.98 Å². The predicted octanol–water partition coefficient (Wildman–Crippen LogP) is 1.42. The Hall–Kier alpha value is -1.76. The van der Waals surface area contributed by atoms with Crippen molar-refractivity contribution in [1.82, 2.24) is 14.5 Å². The highest BCUT2D eigenvalue weighted by Crippen LogP contribution is 2.24. The summed E-state index contributed by atoms with van der Waals surface area (Å²) in [5.74, 6) is -0.482. The van der Waals surface area contributed by atoms with E-state index in [1.54, 1.807) is 6.92 Å². The lowest BCUT2D eigenvalue weighted by Crippen LogP contribution is -2.24. The molecule has 0 atom stereocenters. The zero-order valence-electron chi connectivity index (χ0n) is 8.82. The van der Waals surface area contributed by atoms with Crippen molar-refractivity contribution in [1.29, 1.82) is 0 Å². The first kappa shape index (κ1) is 11.7. The average molecular weight is 299 g/mol. The number of nitrogen functional groups attached to an aromatic ring is 1. The standard InChI is InChI=1S/C10H8BrFN4O/c1-5-2-6(12)3-7(11)8(5)16-4-14-9(13)15-10(16)17/h2-4H,1H3,(H2,13,15,17). The third kappa shape index (κ3) is 2.19. The Morgan fingerprint density at radius 3 is 2.76 bits per heavy atom. The van der Waals surface area contributed by atoms with E-state index in [0.717, 1.165) is 0 Å². The van der Waals surface area contributed by atoms with Crippen LogP contribution in [-0.2, 0) is 0 Å². The summed E-state index contributed by atoms with van der Waals surface area (Å²) < 4.78 is 14.8. The van der Waals surface area contributed by atoms with Crippen molar-refractivity contribution in [2.24, 2.45) is 0 Å². The quantitative estimate of drug-likeness (QED) is 0.864. The van der Waals surface area contributed by atoms with Gasteiger partial charge in [-0.25, -0.2) is 18.7 Å². The van der Waals surface area contributed by atoms with E-state index in [2.05, 4.69) is 25.9 Å². The van der Waals surface area contributed by atoms with Gasteiger partial charge in [0.15, 0.2) is 0 Å². The number of hydrogen-bond acceptors (Lipinski definition) is 4. The molecule has 1 heterocycles. The van der Waals surface area contributed by atoms with E-state index < -0.39 is 5.69 Å². The van der Waals surface area contributed by atoms with Crippen LogP contribution in [0.15, 0.2) is 27.7 Å². The minimum Gasteiger partial charge on any atom is -0.368 e. The maximum atomic E-state index is 13.1. The lowest BCUT2D eigenvalue weighted by atomic mass is 10.2. The highest BCUT2D eigenvalue weighted by Gasteiger charge is 2.11. The molecule has 1 aromatic heterocycles. The molecule has 1 aromatic carbocycles. The zero-order chi connectivity index (χ0) is 12.6. The third-order valence-electron chi connectivity index (χ3n) is 2.18. The van der Waals surface area contributed by atoms with Gasteiger partial charge >= 0.3 is 5.69 Å². The van der Waals surface area contributed by atoms with Gasteiger partial charge in [-0.05, 0) is 40.5 Å². The number of nitrogens with zero attached hydrogens (tertiary/aromatic N) is 3. The highest BCUT2D eigenvalue weighted by atomic mass is 79.9. The summed E-state index contributed by atoms with van der Waals surface area (Å²) in [5.41, 5.74) is 5.82. The van der Waals surface area contributed by atoms with Gasteiger partial charge in [0, 0.05) is 4.47 Å². The second-order valence-corrected chi connectivity index (χ2v) is 4.27. The van der Waals surface area contributed by atoms with Crippen molar-refractivity contribution in [3.05, 3.63) is 44.8 Å². The van der Waals surface area contributed by atoms with Gasteiger partial charge < -0.3 is 5.73 Å². The summed E-state index contributed by atoms with van der Waals surface area (Å²) in [7, 11) is 0. The number of aryl methyl sites for hydroxylation is 1. The number of benzene rings is 1. The molecule has 0 aliphatic rings. The molecule has 7 heteroatoms. The number of anilines is 1. The molecule has 0 amide bonds. The lowest BCUT2D eigenvalue weighted by molar-refractivity contribution is 0.624. The van der Waals surface area contributed by atoms with E-state index in [1.807, 2.05) is 0 Å². The summed E-state index contributed by atoms with van der Waals surface area (Å²) in [6, 6.07) is 2.59. The molecule has 88 valence electrons. The van der Waals surface area contributed by atoms with Crippen molar-refractivity contribution in [2.75, 3.05) is 5.73 Å². The van der Waals surface area contributed by atoms with Crippen LogP contribution in [0.4, 0.5) is 10.3 Å². The summed E-state index contributed by atoms with van der Waals surface area (Å²) >= 11 is 3.20. The van der Waals surface area contributed by atoms with Gasteiger partial charge in [-0.1, -0.05) is 0 Å². The van der Waals surface area contributed by atoms with Crippen molar-refractivity contribution in [2.45, 2.75) is 6.92 Å². The van der Waals surface area contributed by atoms with Crippen molar-refractivity contribution in [3.8, 4) is 5.69 Å². The molecular weight excluding hydrogens is 291 g/mol. The molecular formula is C10H8BrFN4O. The molecule has 0 spiro atoms. The molecule has 17 heavy (non-hydrogen) atoms. The molecule has 2 N–H and O–H groups in total. The molecule has 0 bridgehead atoms. The summed E-state index contributed by atoms with van der Waals surface area (Å²) in [5, 5.41) is 0. The van der Waals surface area contributed by atoms with Gasteiger partial charge in [0.05, 0.1) is 5.69 Å². The number of aromatic nitrogens is 3. The Kier molecular flexibility index (Phi) is 2.93. The largest absolute Gasteiger partial charge is 0.368 e. The normalized spacial score (nSPS) is 10.5. The van der Waals surface area contributed by atoms with E-state index in [1.165, 1.54) is 23.0 Å². The first-order valence-corrected chi connectivity index (χ1v) is 5.45. The second kappa shape index (κ2) is 4.25. The van der Waals surface area contributed by atoms with E-state index in [-0.39, 0.29) is 11.8 Å². The zero-order valence-corrected chi connectivity index (χ0v) is 10.4. The van der Waals surface area contributed by atoms with Crippen LogP contribution in [0.1, 0.15) is 5.56 Å². The average Bonchev–Trinajstić information content (AvgIpc) is 2.19. The molecule has 0 radical (unpaired) electrons. The molecule has 0 aliphatic heterocycles. The molecule has 5 nitrogen and oxygen atoms in total. The fourth-order valence-electron chi connectivity index (χ4n) is 1.50. The Morgan fingerprint density at radius 2 is 2.18 bits per heavy atom. The van der Waals surface area contributed by atoms with Crippen molar-refractivity contribution < 1.29 is 4.39 Å². The predicted molar refractivity (Wildman–Crippen MR) is 64.4 cm³/mol. The van der Waals surface area contributed by atoms with Crippen LogP contribution in [-0.4, -0.2) is 14.5 Å². The van der Waals surface area contributed by atoms with E-state index in [4.69, 9.17) is 5.73 Å². The van der Waals surface area contributed by atoms with Crippen LogP contribution in [0, 0.1) is 12.7 Å². The summed E-state index contributed by atoms with van der Waals surface area (Å²) in [6.45, 7) is 1.69. The monoisotopic (exact) mass is 298 g/mol. The van der Waals surface area contributed by atoms with Gasteiger partial charge in [0.2, 0.25) is 5.95 Å². The Balaban J connectivity index is 2.73. The van der Waals surface area contributed by atoms with Gasteiger partial charge in [0.25, 0.3) is 0 Å². The number of nitrogens with two attached hydrogens (primary N) is 1. The first-order chi connectivity index (χ1) is 7.99. The SMILES string of the molecule is Cc1cc(F)cc(Br)c1-n1cnc(N)nc1=O. The maximum absolute atomic E-state index is 13.1. The molecule has 0 aliphatic carbocycles. The van der Waals surface area contributed by atoms with E-state index in [9.17, 15) is 9.18 Å². The van der Waals surface area contributed by atoms with Crippen LogP contribution in [0.3, 0.4) is 0 Å². The lowest BCUT2D eigenvalue weighted by Gasteiger charge is -2.10. The van der Waals surface area contributed by atoms with E-state index in [0.29, 0.717) is 15.7 Å². The highest BCUT2D eigenvalue weighted by molar-refractivity contribution is 9.10. The molecule has 0 saturated carbocycles. The Bertz CT molecular complexity index is 617. The van der Waals surface area contributed by atoms with Gasteiger partial charge in [0.1, 0.15) is 12.1 Å². The second-order valence-electron chi connectivity index (χ2n) is 3.42. The number of halogens is 2. The molecule has 0 unspecified atom stereocenters. The number of rotatable bonds is 1. The van der Waals surface area contributed by atoms with Crippen LogP contribution in [0.2, 0.25) is 0 Å².